The summed E-state index contributed by atoms with van der Waals surface area (Å²) in [6.45, 7) is 0. The molecule has 1 aliphatic rings. The minimum atomic E-state index is -5.72. The molecule has 1 aliphatic carbocycles. The van der Waals surface area contributed by atoms with Crippen LogP contribution in [0.3, 0.4) is 0 Å². The fraction of sp³-hybridized carbons (Fsp3) is 0.250. The average molecular weight is 370 g/mol. The first-order valence-electron chi connectivity index (χ1n) is 7.37. The Balaban J connectivity index is 1.93. The van der Waals surface area contributed by atoms with E-state index in [4.69, 9.17) is 0 Å². The Hall–Kier alpha value is -2.42. The number of sulfone groups is 1. The van der Waals surface area contributed by atoms with E-state index < -0.39 is 31.8 Å². The maximum atomic E-state index is 12.8. The lowest BCUT2D eigenvalue weighted by Crippen LogP contribution is -2.31. The van der Waals surface area contributed by atoms with Crippen LogP contribution in [0.2, 0.25) is 0 Å². The molecule has 5 nitrogen and oxygen atoms in total. The number of halogens is 3. The first kappa shape index (κ1) is 17.4. The van der Waals surface area contributed by atoms with Crippen molar-refractivity contribution in [1.29, 1.82) is 0 Å². The Labute approximate surface area is 141 Å². The Bertz CT molecular complexity index is 926. The molecule has 1 unspecified atom stereocenters. The number of carbonyl (C=O) groups excluding carboxylic acids is 1. The number of benzene rings is 1. The molecule has 0 radical (unpaired) electrons. The van der Waals surface area contributed by atoms with E-state index in [1.54, 1.807) is 6.07 Å². The normalized spacial score (nSPS) is 17.2. The summed E-state index contributed by atoms with van der Waals surface area (Å²) in [5.41, 5.74) is -4.23. The summed E-state index contributed by atoms with van der Waals surface area (Å²) in [5.74, 6) is -0.905. The van der Waals surface area contributed by atoms with E-state index in [2.05, 4.69) is 10.3 Å². The lowest BCUT2D eigenvalue weighted by Gasteiger charge is -2.16. The number of aryl methyl sites for hydroxylation is 1. The zero-order valence-corrected chi connectivity index (χ0v) is 13.6. The van der Waals surface area contributed by atoms with Gasteiger partial charge in [0.05, 0.1) is 11.6 Å². The highest BCUT2D eigenvalue weighted by Gasteiger charge is 2.49. The Morgan fingerprint density at radius 2 is 1.88 bits per heavy atom. The van der Waals surface area contributed by atoms with Gasteiger partial charge in [0.25, 0.3) is 15.7 Å². The second kappa shape index (κ2) is 6.14. The fourth-order valence-corrected chi connectivity index (χ4v) is 3.70. The second-order valence-electron chi connectivity index (χ2n) is 5.57. The van der Waals surface area contributed by atoms with Crippen molar-refractivity contribution in [2.75, 3.05) is 0 Å². The number of nitrogens with zero attached hydrogens (tertiary/aromatic N) is 1. The maximum absolute atomic E-state index is 12.8. The SMILES string of the molecule is O=C(NC1CCc2ccccc21)c1cccnc1S(=O)(=O)C(F)(F)F. The highest BCUT2D eigenvalue weighted by molar-refractivity contribution is 7.92. The number of pyridine rings is 1. The Morgan fingerprint density at radius 1 is 1.16 bits per heavy atom. The fourth-order valence-electron chi connectivity index (χ4n) is 2.83. The molecular weight excluding hydrogens is 357 g/mol. The van der Waals surface area contributed by atoms with Gasteiger partial charge in [0.2, 0.25) is 0 Å². The molecular formula is C16H13F3N2O3S. The Morgan fingerprint density at radius 3 is 2.60 bits per heavy atom. The highest BCUT2D eigenvalue weighted by Crippen LogP contribution is 2.33. The van der Waals surface area contributed by atoms with Gasteiger partial charge in [0, 0.05) is 6.20 Å². The third-order valence-corrected chi connectivity index (χ3v) is 5.46. The minimum Gasteiger partial charge on any atom is -0.345 e. The predicted molar refractivity (Wildman–Crippen MR) is 82.4 cm³/mol. The molecule has 9 heteroatoms. The molecule has 0 saturated heterocycles. The van der Waals surface area contributed by atoms with Gasteiger partial charge in [-0.2, -0.15) is 13.2 Å². The topological polar surface area (TPSA) is 76.1 Å². The molecule has 0 spiro atoms. The van der Waals surface area contributed by atoms with Gasteiger partial charge in [-0.3, -0.25) is 4.79 Å². The summed E-state index contributed by atoms with van der Waals surface area (Å²) >= 11 is 0. The standard InChI is InChI=1S/C16H13F3N2O3S/c17-16(18,19)25(23,24)15-12(6-3-9-20-15)14(22)21-13-8-7-10-4-1-2-5-11(10)13/h1-6,9,13H,7-8H2,(H,21,22). The van der Waals surface area contributed by atoms with Gasteiger partial charge >= 0.3 is 5.51 Å². The van der Waals surface area contributed by atoms with Crippen molar-refractivity contribution < 1.29 is 26.4 Å². The van der Waals surface area contributed by atoms with Gasteiger partial charge in [-0.1, -0.05) is 24.3 Å². The van der Waals surface area contributed by atoms with E-state index in [1.807, 2.05) is 18.2 Å². The number of aromatic nitrogens is 1. The molecule has 2 aromatic rings. The number of carbonyl (C=O) groups is 1. The van der Waals surface area contributed by atoms with E-state index in [0.29, 0.717) is 6.42 Å². The molecule has 1 aromatic carbocycles. The molecule has 0 aliphatic heterocycles. The van der Waals surface area contributed by atoms with E-state index in [0.717, 1.165) is 29.8 Å². The van der Waals surface area contributed by atoms with Crippen LogP contribution in [0.25, 0.3) is 0 Å². The average Bonchev–Trinajstić information content (AvgIpc) is 2.97. The van der Waals surface area contributed by atoms with E-state index in [-0.39, 0.29) is 6.04 Å². The zero-order valence-electron chi connectivity index (χ0n) is 12.7. The predicted octanol–water partition coefficient (Wildman–Crippen LogP) is 2.79. The lowest BCUT2D eigenvalue weighted by molar-refractivity contribution is -0.0438. The number of hydrogen-bond acceptors (Lipinski definition) is 4. The molecule has 0 bridgehead atoms. The van der Waals surface area contributed by atoms with Crippen LogP contribution in [0.1, 0.15) is 33.9 Å². The summed E-state index contributed by atoms with van der Waals surface area (Å²) in [7, 11) is -5.72. The molecule has 1 amide bonds. The van der Waals surface area contributed by atoms with E-state index in [1.165, 1.54) is 6.07 Å². The van der Waals surface area contributed by atoms with Crippen molar-refractivity contribution in [3.63, 3.8) is 0 Å². The summed E-state index contributed by atoms with van der Waals surface area (Å²) in [4.78, 5) is 15.7. The van der Waals surface area contributed by atoms with Gasteiger partial charge in [-0.25, -0.2) is 13.4 Å². The van der Waals surface area contributed by atoms with Gasteiger partial charge < -0.3 is 5.32 Å². The first-order valence-corrected chi connectivity index (χ1v) is 8.85. The van der Waals surface area contributed by atoms with Crippen LogP contribution in [0.15, 0.2) is 47.6 Å². The van der Waals surface area contributed by atoms with Gasteiger partial charge in [-0.05, 0) is 36.1 Å². The van der Waals surface area contributed by atoms with Crippen molar-refractivity contribution in [3.05, 3.63) is 59.3 Å². The number of alkyl halides is 3. The molecule has 132 valence electrons. The molecule has 1 aromatic heterocycles. The minimum absolute atomic E-state index is 0.384. The van der Waals surface area contributed by atoms with Crippen molar-refractivity contribution >= 4 is 15.7 Å². The van der Waals surface area contributed by atoms with Crippen LogP contribution in [-0.2, 0) is 16.3 Å². The highest BCUT2D eigenvalue weighted by atomic mass is 32.2. The maximum Gasteiger partial charge on any atom is 0.503 e. The lowest BCUT2D eigenvalue weighted by atomic mass is 10.1. The van der Waals surface area contributed by atoms with Crippen molar-refractivity contribution in [1.82, 2.24) is 10.3 Å². The van der Waals surface area contributed by atoms with Gasteiger partial charge in [0.1, 0.15) is 0 Å². The Kier molecular flexibility index (Phi) is 4.28. The number of nitrogens with one attached hydrogen (secondary N) is 1. The molecule has 1 N–H and O–H groups in total. The second-order valence-corrected chi connectivity index (χ2v) is 7.43. The largest absolute Gasteiger partial charge is 0.503 e. The summed E-state index contributed by atoms with van der Waals surface area (Å²) in [6, 6.07) is 9.24. The molecule has 0 fully saturated rings. The summed E-state index contributed by atoms with van der Waals surface area (Å²) in [6.07, 6.45) is 2.22. The number of hydrogen-bond donors (Lipinski definition) is 1. The van der Waals surface area contributed by atoms with Crippen LogP contribution in [-0.4, -0.2) is 24.8 Å². The molecule has 1 heterocycles. The first-order chi connectivity index (χ1) is 11.7. The number of fused-ring (bicyclic) bond motifs is 1. The monoisotopic (exact) mass is 370 g/mol. The summed E-state index contributed by atoms with van der Waals surface area (Å²) in [5, 5.41) is 1.32. The van der Waals surface area contributed by atoms with Crippen molar-refractivity contribution in [2.24, 2.45) is 0 Å². The van der Waals surface area contributed by atoms with Gasteiger partial charge in [-0.15, -0.1) is 0 Å². The molecule has 1 atom stereocenters. The van der Waals surface area contributed by atoms with E-state index in [9.17, 15) is 26.4 Å². The zero-order chi connectivity index (χ0) is 18.2. The smallest absolute Gasteiger partial charge is 0.345 e. The number of amides is 1. The van der Waals surface area contributed by atoms with Crippen LogP contribution in [0.5, 0.6) is 0 Å². The third kappa shape index (κ3) is 3.11. The van der Waals surface area contributed by atoms with Gasteiger partial charge in [0.15, 0.2) is 5.03 Å². The summed E-state index contributed by atoms with van der Waals surface area (Å²) < 4.78 is 61.7. The van der Waals surface area contributed by atoms with Crippen molar-refractivity contribution in [2.45, 2.75) is 29.4 Å². The van der Waals surface area contributed by atoms with Crippen LogP contribution in [0.4, 0.5) is 13.2 Å². The van der Waals surface area contributed by atoms with Crippen molar-refractivity contribution in [3.8, 4) is 0 Å². The molecule has 0 saturated carbocycles. The van der Waals surface area contributed by atoms with E-state index >= 15 is 0 Å². The number of rotatable bonds is 3. The third-order valence-electron chi connectivity index (χ3n) is 4.01. The molecule has 3 rings (SSSR count). The van der Waals surface area contributed by atoms with Crippen LogP contribution >= 0.6 is 0 Å². The quantitative estimate of drug-likeness (QED) is 0.901. The van der Waals surface area contributed by atoms with Crippen LogP contribution < -0.4 is 5.32 Å². The molecule has 25 heavy (non-hydrogen) atoms. The van der Waals surface area contributed by atoms with Crippen LogP contribution in [0, 0.1) is 0 Å².